The molecule has 2 aromatic carbocycles. The number of nitrogens with one attached hydrogen (secondary N) is 1. The third-order valence-electron chi connectivity index (χ3n) is 5.90. The summed E-state index contributed by atoms with van der Waals surface area (Å²) in [5.74, 6) is 0.589. The average molecular weight is 391 g/mol. The Labute approximate surface area is 170 Å². The highest BCUT2D eigenvalue weighted by Gasteiger charge is 2.32. The lowest BCUT2D eigenvalue weighted by Gasteiger charge is -2.29. The summed E-state index contributed by atoms with van der Waals surface area (Å²) in [5.41, 5.74) is 5.69. The van der Waals surface area contributed by atoms with Crippen LogP contribution in [0.25, 0.3) is 11.3 Å². The third kappa shape index (κ3) is 3.39. The van der Waals surface area contributed by atoms with Gasteiger partial charge in [0, 0.05) is 61.3 Å². The molecule has 0 unspecified atom stereocenters. The van der Waals surface area contributed by atoms with Crippen molar-refractivity contribution < 1.29 is 14.3 Å². The molecule has 0 aromatic heterocycles. The van der Waals surface area contributed by atoms with Crippen LogP contribution in [0.1, 0.15) is 16.7 Å². The SMILES string of the molecule is CN(CCN1CCOCC1)c1ccc2c(c1)COC2=C1C(=O)Nc2ccccc21. The van der Waals surface area contributed by atoms with Crippen molar-refractivity contribution in [2.75, 3.05) is 56.7 Å². The number of para-hydroxylation sites is 1. The van der Waals surface area contributed by atoms with E-state index in [1.807, 2.05) is 24.3 Å². The molecule has 1 N–H and O–H groups in total. The molecule has 3 heterocycles. The molecule has 0 spiro atoms. The molecule has 29 heavy (non-hydrogen) atoms. The molecule has 3 aliphatic rings. The number of hydrogen-bond acceptors (Lipinski definition) is 5. The first kappa shape index (κ1) is 18.2. The Hall–Kier alpha value is -2.83. The zero-order valence-corrected chi connectivity index (χ0v) is 16.6. The highest BCUT2D eigenvalue weighted by atomic mass is 16.5. The van der Waals surface area contributed by atoms with Crippen LogP contribution in [0.15, 0.2) is 42.5 Å². The van der Waals surface area contributed by atoms with Gasteiger partial charge in [0.1, 0.15) is 12.4 Å². The van der Waals surface area contributed by atoms with Gasteiger partial charge in [0.25, 0.3) is 5.91 Å². The lowest BCUT2D eigenvalue weighted by Crippen LogP contribution is -2.40. The van der Waals surface area contributed by atoms with Gasteiger partial charge in [0.2, 0.25) is 0 Å². The van der Waals surface area contributed by atoms with Gasteiger partial charge in [-0.05, 0) is 24.3 Å². The van der Waals surface area contributed by atoms with Crippen LogP contribution >= 0.6 is 0 Å². The predicted molar refractivity (Wildman–Crippen MR) is 114 cm³/mol. The molecule has 2 aromatic rings. The Morgan fingerprint density at radius 1 is 1.10 bits per heavy atom. The van der Waals surface area contributed by atoms with Gasteiger partial charge in [-0.25, -0.2) is 0 Å². The molecule has 3 aliphatic heterocycles. The Balaban J connectivity index is 1.37. The van der Waals surface area contributed by atoms with Crippen LogP contribution in [0.2, 0.25) is 0 Å². The number of rotatable bonds is 4. The second-order valence-electron chi connectivity index (χ2n) is 7.71. The Kier molecular flexibility index (Phi) is 4.73. The number of benzene rings is 2. The fraction of sp³-hybridized carbons (Fsp3) is 0.348. The standard InChI is InChI=1S/C23H25N3O3/c1-25(8-9-26-10-12-28-13-11-26)17-6-7-18-16(14-17)15-29-22(18)21-19-4-2-3-5-20(19)24-23(21)27/h2-7,14H,8-13,15H2,1H3,(H,24,27). The fourth-order valence-electron chi connectivity index (χ4n) is 4.18. The highest BCUT2D eigenvalue weighted by molar-refractivity contribution is 6.36. The molecule has 5 rings (SSSR count). The Morgan fingerprint density at radius 3 is 2.79 bits per heavy atom. The monoisotopic (exact) mass is 391 g/mol. The van der Waals surface area contributed by atoms with Crippen LogP contribution in [0.4, 0.5) is 11.4 Å². The topological polar surface area (TPSA) is 54.0 Å². The fourth-order valence-corrected chi connectivity index (χ4v) is 4.18. The maximum absolute atomic E-state index is 12.6. The number of carbonyl (C=O) groups is 1. The molecule has 0 radical (unpaired) electrons. The summed E-state index contributed by atoms with van der Waals surface area (Å²) in [4.78, 5) is 17.3. The smallest absolute Gasteiger partial charge is 0.260 e. The molecule has 1 fully saturated rings. The molecule has 6 heteroatoms. The van der Waals surface area contributed by atoms with Crippen LogP contribution in [0, 0.1) is 0 Å². The molecular formula is C23H25N3O3. The number of hydrogen-bond donors (Lipinski definition) is 1. The number of likely N-dealkylation sites (N-methyl/N-ethyl adjacent to an activating group) is 1. The minimum Gasteiger partial charge on any atom is -0.487 e. The molecule has 0 bridgehead atoms. The van der Waals surface area contributed by atoms with Crippen molar-refractivity contribution in [3.63, 3.8) is 0 Å². The molecule has 6 nitrogen and oxygen atoms in total. The van der Waals surface area contributed by atoms with Crippen LogP contribution in [0.3, 0.4) is 0 Å². The maximum atomic E-state index is 12.6. The van der Waals surface area contributed by atoms with E-state index in [4.69, 9.17) is 9.47 Å². The van der Waals surface area contributed by atoms with E-state index in [9.17, 15) is 4.79 Å². The number of morpholine rings is 1. The first-order valence-electron chi connectivity index (χ1n) is 10.1. The van der Waals surface area contributed by atoms with Crippen molar-refractivity contribution in [1.29, 1.82) is 0 Å². The van der Waals surface area contributed by atoms with E-state index in [-0.39, 0.29) is 5.91 Å². The second-order valence-corrected chi connectivity index (χ2v) is 7.71. The van der Waals surface area contributed by atoms with Crippen molar-refractivity contribution in [3.05, 3.63) is 59.2 Å². The first-order valence-corrected chi connectivity index (χ1v) is 10.1. The van der Waals surface area contributed by atoms with Crippen LogP contribution in [0.5, 0.6) is 0 Å². The van der Waals surface area contributed by atoms with Gasteiger partial charge >= 0.3 is 0 Å². The number of carbonyl (C=O) groups excluding carboxylic acids is 1. The van der Waals surface area contributed by atoms with Gasteiger partial charge in [-0.3, -0.25) is 9.69 Å². The summed E-state index contributed by atoms with van der Waals surface area (Å²) in [6.07, 6.45) is 0. The van der Waals surface area contributed by atoms with Crippen molar-refractivity contribution in [1.82, 2.24) is 4.90 Å². The van der Waals surface area contributed by atoms with E-state index in [2.05, 4.69) is 40.4 Å². The van der Waals surface area contributed by atoms with E-state index in [1.54, 1.807) is 0 Å². The zero-order chi connectivity index (χ0) is 19.8. The third-order valence-corrected chi connectivity index (χ3v) is 5.90. The number of anilines is 2. The molecule has 0 aliphatic carbocycles. The summed E-state index contributed by atoms with van der Waals surface area (Å²) in [6, 6.07) is 14.1. The van der Waals surface area contributed by atoms with Gasteiger partial charge in [-0.2, -0.15) is 0 Å². The van der Waals surface area contributed by atoms with Crippen LogP contribution in [-0.4, -0.2) is 57.2 Å². The predicted octanol–water partition coefficient (Wildman–Crippen LogP) is 2.81. The molecule has 0 saturated carbocycles. The van der Waals surface area contributed by atoms with Crippen molar-refractivity contribution in [2.45, 2.75) is 6.61 Å². The largest absolute Gasteiger partial charge is 0.487 e. The van der Waals surface area contributed by atoms with Gasteiger partial charge < -0.3 is 19.7 Å². The summed E-state index contributed by atoms with van der Waals surface area (Å²) in [6.45, 7) is 6.15. The van der Waals surface area contributed by atoms with Gasteiger partial charge in [-0.15, -0.1) is 0 Å². The highest BCUT2D eigenvalue weighted by Crippen LogP contribution is 2.42. The molecule has 1 saturated heterocycles. The zero-order valence-electron chi connectivity index (χ0n) is 16.6. The van der Waals surface area contributed by atoms with Crippen molar-refractivity contribution in [2.24, 2.45) is 0 Å². The quantitative estimate of drug-likeness (QED) is 0.813. The van der Waals surface area contributed by atoms with Crippen LogP contribution in [-0.2, 0) is 20.9 Å². The van der Waals surface area contributed by atoms with Crippen molar-refractivity contribution in [3.8, 4) is 0 Å². The van der Waals surface area contributed by atoms with Crippen molar-refractivity contribution >= 4 is 28.6 Å². The normalized spacial score (nSPS) is 20.8. The number of ether oxygens (including phenoxy) is 2. The second kappa shape index (κ2) is 7.54. The van der Waals surface area contributed by atoms with E-state index in [0.29, 0.717) is 17.9 Å². The number of amides is 1. The van der Waals surface area contributed by atoms with E-state index >= 15 is 0 Å². The molecule has 0 atom stereocenters. The average Bonchev–Trinajstić information content (AvgIpc) is 3.31. The summed E-state index contributed by atoms with van der Waals surface area (Å²) >= 11 is 0. The molecular weight excluding hydrogens is 366 g/mol. The van der Waals surface area contributed by atoms with Gasteiger partial charge in [-0.1, -0.05) is 18.2 Å². The lowest BCUT2D eigenvalue weighted by atomic mass is 10.00. The first-order chi connectivity index (χ1) is 14.2. The maximum Gasteiger partial charge on any atom is 0.260 e. The number of fused-ring (bicyclic) bond motifs is 2. The minimum absolute atomic E-state index is 0.0965. The van der Waals surface area contributed by atoms with E-state index in [0.717, 1.165) is 61.8 Å². The van der Waals surface area contributed by atoms with Gasteiger partial charge in [0.15, 0.2) is 0 Å². The summed E-state index contributed by atoms with van der Waals surface area (Å²) in [7, 11) is 2.12. The Bertz CT molecular complexity index is 979. The van der Waals surface area contributed by atoms with Gasteiger partial charge in [0.05, 0.1) is 18.8 Å². The number of nitrogens with zero attached hydrogens (tertiary/aromatic N) is 2. The summed E-state index contributed by atoms with van der Waals surface area (Å²) < 4.78 is 11.4. The lowest BCUT2D eigenvalue weighted by molar-refractivity contribution is -0.110. The minimum atomic E-state index is -0.0965. The molecule has 150 valence electrons. The van der Waals surface area contributed by atoms with Crippen LogP contribution < -0.4 is 10.2 Å². The van der Waals surface area contributed by atoms with E-state index < -0.39 is 0 Å². The Morgan fingerprint density at radius 2 is 1.93 bits per heavy atom. The molecule has 1 amide bonds. The summed E-state index contributed by atoms with van der Waals surface area (Å²) in [5, 5.41) is 2.93. The van der Waals surface area contributed by atoms with E-state index in [1.165, 1.54) is 5.69 Å².